The van der Waals surface area contributed by atoms with Crippen molar-refractivity contribution in [1.82, 2.24) is 0 Å². The molecule has 0 aliphatic heterocycles. The first kappa shape index (κ1) is 12.0. The molecular formula is C11H18O2. The van der Waals surface area contributed by atoms with Crippen molar-refractivity contribution < 1.29 is 9.53 Å². The molecule has 0 aromatic rings. The first-order valence-corrected chi connectivity index (χ1v) is 4.78. The Morgan fingerprint density at radius 3 is 2.15 bits per heavy atom. The molecule has 2 heteroatoms. The lowest BCUT2D eigenvalue weighted by atomic mass is 9.83. The van der Waals surface area contributed by atoms with E-state index >= 15 is 0 Å². The van der Waals surface area contributed by atoms with Crippen molar-refractivity contribution in [3.63, 3.8) is 0 Å². The third-order valence-corrected chi connectivity index (χ3v) is 2.24. The molecule has 74 valence electrons. The van der Waals surface area contributed by atoms with Crippen LogP contribution in [0.5, 0.6) is 0 Å². The number of carbonyl (C=O) groups is 1. The zero-order valence-electron chi connectivity index (χ0n) is 8.94. The molecule has 0 unspecified atom stereocenters. The molecule has 0 fully saturated rings. The van der Waals surface area contributed by atoms with E-state index < -0.39 is 5.41 Å². The minimum absolute atomic E-state index is 0.186. The van der Waals surface area contributed by atoms with Gasteiger partial charge >= 0.3 is 5.97 Å². The Morgan fingerprint density at radius 1 is 1.31 bits per heavy atom. The van der Waals surface area contributed by atoms with Crippen molar-refractivity contribution in [2.24, 2.45) is 5.41 Å². The van der Waals surface area contributed by atoms with Gasteiger partial charge in [-0.25, -0.2) is 0 Å². The van der Waals surface area contributed by atoms with Gasteiger partial charge in [0.15, 0.2) is 0 Å². The van der Waals surface area contributed by atoms with E-state index in [0.717, 1.165) is 0 Å². The average molecular weight is 182 g/mol. The number of hydrogen-bond donors (Lipinski definition) is 0. The van der Waals surface area contributed by atoms with Crippen molar-refractivity contribution in [2.45, 2.75) is 40.5 Å². The highest BCUT2D eigenvalue weighted by molar-refractivity contribution is 5.80. The first-order valence-electron chi connectivity index (χ1n) is 4.78. The van der Waals surface area contributed by atoms with Gasteiger partial charge in [0.2, 0.25) is 0 Å². The third kappa shape index (κ3) is 2.77. The van der Waals surface area contributed by atoms with Gasteiger partial charge in [0.05, 0.1) is 6.61 Å². The zero-order chi connectivity index (χ0) is 10.3. The van der Waals surface area contributed by atoms with E-state index in [1.54, 1.807) is 6.92 Å². The maximum Gasteiger partial charge on any atom is 0.324 e. The molecule has 2 nitrogen and oxygen atoms in total. The standard InChI is InChI=1S/C11H18O2/c1-5-9-11(6-2,7-3)10(12)13-8-4/h6-8H2,1-4H3. The minimum atomic E-state index is -0.579. The summed E-state index contributed by atoms with van der Waals surface area (Å²) >= 11 is 0. The molecule has 0 aromatic heterocycles. The van der Waals surface area contributed by atoms with Gasteiger partial charge in [-0.05, 0) is 26.7 Å². The second-order valence-electron chi connectivity index (χ2n) is 2.88. The smallest absolute Gasteiger partial charge is 0.324 e. The van der Waals surface area contributed by atoms with Crippen molar-refractivity contribution in [3.8, 4) is 11.8 Å². The molecule has 0 aromatic carbocycles. The van der Waals surface area contributed by atoms with Crippen molar-refractivity contribution in [1.29, 1.82) is 0 Å². The Hall–Kier alpha value is -0.970. The Bertz CT molecular complexity index is 216. The lowest BCUT2D eigenvalue weighted by molar-refractivity contribution is -0.152. The van der Waals surface area contributed by atoms with Crippen LogP contribution in [0.4, 0.5) is 0 Å². The van der Waals surface area contributed by atoms with Crippen molar-refractivity contribution in [2.75, 3.05) is 6.61 Å². The highest BCUT2D eigenvalue weighted by Gasteiger charge is 2.34. The molecular weight excluding hydrogens is 164 g/mol. The summed E-state index contributed by atoms with van der Waals surface area (Å²) in [6, 6.07) is 0. The van der Waals surface area contributed by atoms with Gasteiger partial charge in [0.25, 0.3) is 0 Å². The van der Waals surface area contributed by atoms with Crippen LogP contribution in [-0.2, 0) is 9.53 Å². The molecule has 0 aliphatic carbocycles. The quantitative estimate of drug-likeness (QED) is 0.493. The van der Waals surface area contributed by atoms with Crippen LogP contribution < -0.4 is 0 Å². The molecule has 0 atom stereocenters. The number of rotatable bonds is 4. The third-order valence-electron chi connectivity index (χ3n) is 2.24. The Kier molecular flexibility index (Phi) is 5.22. The van der Waals surface area contributed by atoms with Crippen molar-refractivity contribution in [3.05, 3.63) is 0 Å². The largest absolute Gasteiger partial charge is 0.465 e. The predicted molar refractivity (Wildman–Crippen MR) is 53.1 cm³/mol. The minimum Gasteiger partial charge on any atom is -0.465 e. The van der Waals surface area contributed by atoms with Crippen LogP contribution in [0.2, 0.25) is 0 Å². The van der Waals surface area contributed by atoms with Gasteiger partial charge in [-0.15, -0.1) is 5.92 Å². The molecule has 0 aliphatic rings. The van der Waals surface area contributed by atoms with Gasteiger partial charge in [-0.2, -0.15) is 0 Å². The highest BCUT2D eigenvalue weighted by atomic mass is 16.5. The maximum atomic E-state index is 11.6. The van der Waals surface area contributed by atoms with E-state index in [9.17, 15) is 4.79 Å². The molecule has 0 bridgehead atoms. The summed E-state index contributed by atoms with van der Waals surface area (Å²) in [7, 11) is 0. The average Bonchev–Trinajstić information content (AvgIpc) is 2.14. The lowest BCUT2D eigenvalue weighted by Gasteiger charge is -2.22. The zero-order valence-corrected chi connectivity index (χ0v) is 8.94. The topological polar surface area (TPSA) is 26.3 Å². The second-order valence-corrected chi connectivity index (χ2v) is 2.88. The molecule has 0 amide bonds. The summed E-state index contributed by atoms with van der Waals surface area (Å²) in [6.07, 6.45) is 1.42. The molecule has 0 saturated heterocycles. The number of hydrogen-bond acceptors (Lipinski definition) is 2. The summed E-state index contributed by atoms with van der Waals surface area (Å²) in [4.78, 5) is 11.6. The molecule has 0 spiro atoms. The first-order chi connectivity index (χ1) is 6.16. The lowest BCUT2D eigenvalue weighted by Crippen LogP contribution is -2.30. The van der Waals surface area contributed by atoms with Crippen molar-refractivity contribution >= 4 is 5.97 Å². The summed E-state index contributed by atoms with van der Waals surface area (Å²) in [5, 5.41) is 0. The monoisotopic (exact) mass is 182 g/mol. The van der Waals surface area contributed by atoms with E-state index in [-0.39, 0.29) is 5.97 Å². The Labute approximate surface area is 80.7 Å². The van der Waals surface area contributed by atoms with E-state index in [0.29, 0.717) is 19.4 Å². The van der Waals surface area contributed by atoms with Crippen LogP contribution in [0.25, 0.3) is 0 Å². The van der Waals surface area contributed by atoms with Gasteiger partial charge in [0.1, 0.15) is 5.41 Å². The van der Waals surface area contributed by atoms with Gasteiger partial charge in [-0.1, -0.05) is 19.8 Å². The van der Waals surface area contributed by atoms with E-state index in [1.165, 1.54) is 0 Å². The maximum absolute atomic E-state index is 11.6. The fraction of sp³-hybridized carbons (Fsp3) is 0.727. The van der Waals surface area contributed by atoms with Crippen LogP contribution in [0.3, 0.4) is 0 Å². The van der Waals surface area contributed by atoms with Crippen LogP contribution in [0.15, 0.2) is 0 Å². The molecule has 0 rings (SSSR count). The Balaban J connectivity index is 4.71. The normalized spacial score (nSPS) is 10.2. The molecule has 13 heavy (non-hydrogen) atoms. The SMILES string of the molecule is CC#CC(CC)(CC)C(=O)OCC. The molecule has 0 N–H and O–H groups in total. The fourth-order valence-electron chi connectivity index (χ4n) is 1.28. The second kappa shape index (κ2) is 5.64. The summed E-state index contributed by atoms with van der Waals surface area (Å²) in [5.41, 5.74) is -0.579. The summed E-state index contributed by atoms with van der Waals surface area (Å²) in [6.45, 7) is 7.91. The van der Waals surface area contributed by atoms with Gasteiger partial charge in [0, 0.05) is 0 Å². The summed E-state index contributed by atoms with van der Waals surface area (Å²) in [5.74, 6) is 5.57. The molecule has 0 saturated carbocycles. The number of ether oxygens (including phenoxy) is 1. The van der Waals surface area contributed by atoms with Crippen LogP contribution in [0.1, 0.15) is 40.5 Å². The predicted octanol–water partition coefficient (Wildman–Crippen LogP) is 2.38. The van der Waals surface area contributed by atoms with E-state index in [2.05, 4.69) is 11.8 Å². The van der Waals surface area contributed by atoms with Crippen LogP contribution in [0, 0.1) is 17.3 Å². The highest BCUT2D eigenvalue weighted by Crippen LogP contribution is 2.27. The Morgan fingerprint density at radius 2 is 1.85 bits per heavy atom. The van der Waals surface area contributed by atoms with Crippen LogP contribution >= 0.6 is 0 Å². The van der Waals surface area contributed by atoms with E-state index in [1.807, 2.05) is 20.8 Å². The number of carbonyl (C=O) groups excluding carboxylic acids is 1. The van der Waals surface area contributed by atoms with Gasteiger partial charge < -0.3 is 4.74 Å². The summed E-state index contributed by atoms with van der Waals surface area (Å²) < 4.78 is 5.00. The van der Waals surface area contributed by atoms with Gasteiger partial charge in [-0.3, -0.25) is 4.79 Å². The molecule has 0 radical (unpaired) electrons. The number of esters is 1. The van der Waals surface area contributed by atoms with Crippen LogP contribution in [-0.4, -0.2) is 12.6 Å². The fourth-order valence-corrected chi connectivity index (χ4v) is 1.28. The molecule has 0 heterocycles. The van der Waals surface area contributed by atoms with E-state index in [4.69, 9.17) is 4.74 Å².